The summed E-state index contributed by atoms with van der Waals surface area (Å²) in [4.78, 5) is 2.37. The minimum Gasteiger partial charge on any atom is -0.508 e. The Morgan fingerprint density at radius 1 is 1.11 bits per heavy atom. The molecular weight excluding hydrogens is 234 g/mol. The fourth-order valence-electron chi connectivity index (χ4n) is 2.91. The second-order valence-electron chi connectivity index (χ2n) is 5.45. The molecule has 98 valence electrons. The molecule has 1 N–H and O–H groups in total. The summed E-state index contributed by atoms with van der Waals surface area (Å²) in [6.45, 7) is 4.10. The molecule has 0 saturated carbocycles. The number of para-hydroxylation sites is 2. The standard InChI is InChI=1S/C17H19NO/c1-13-10-14-6-2-4-8-16(14)18(11-13)12-15-7-3-5-9-17(15)19/h2-9,13,19H,10-12H2,1H3. The van der Waals surface area contributed by atoms with Crippen LogP contribution in [0.25, 0.3) is 0 Å². The molecule has 0 radical (unpaired) electrons. The summed E-state index contributed by atoms with van der Waals surface area (Å²) in [7, 11) is 0. The molecule has 0 amide bonds. The molecule has 3 rings (SSSR count). The van der Waals surface area contributed by atoms with Crippen molar-refractivity contribution in [1.82, 2.24) is 0 Å². The summed E-state index contributed by atoms with van der Waals surface area (Å²) >= 11 is 0. The largest absolute Gasteiger partial charge is 0.508 e. The van der Waals surface area contributed by atoms with E-state index in [1.807, 2.05) is 18.2 Å². The molecule has 0 spiro atoms. The minimum absolute atomic E-state index is 0.387. The third-order valence-electron chi connectivity index (χ3n) is 3.79. The lowest BCUT2D eigenvalue weighted by atomic mass is 9.93. The molecular formula is C17H19NO. The van der Waals surface area contributed by atoms with Gasteiger partial charge in [0, 0.05) is 24.3 Å². The summed E-state index contributed by atoms with van der Waals surface area (Å²) in [5, 5.41) is 9.93. The number of fused-ring (bicyclic) bond motifs is 1. The predicted octanol–water partition coefficient (Wildman–Crippen LogP) is 3.59. The summed E-state index contributed by atoms with van der Waals surface area (Å²) < 4.78 is 0. The molecule has 0 fully saturated rings. The van der Waals surface area contributed by atoms with Crippen LogP contribution in [0, 0.1) is 5.92 Å². The van der Waals surface area contributed by atoms with Gasteiger partial charge in [0.05, 0.1) is 0 Å². The number of aromatic hydroxyl groups is 1. The Morgan fingerprint density at radius 3 is 2.68 bits per heavy atom. The number of anilines is 1. The van der Waals surface area contributed by atoms with Gasteiger partial charge in [0.1, 0.15) is 5.75 Å². The van der Waals surface area contributed by atoms with Crippen molar-refractivity contribution in [3.63, 3.8) is 0 Å². The molecule has 1 aliphatic heterocycles. The highest BCUT2D eigenvalue weighted by Gasteiger charge is 2.21. The van der Waals surface area contributed by atoms with Gasteiger partial charge in [0.15, 0.2) is 0 Å². The van der Waals surface area contributed by atoms with E-state index in [1.165, 1.54) is 11.3 Å². The van der Waals surface area contributed by atoms with E-state index in [0.717, 1.165) is 25.1 Å². The van der Waals surface area contributed by atoms with Gasteiger partial charge in [0.25, 0.3) is 0 Å². The van der Waals surface area contributed by atoms with Crippen LogP contribution in [-0.4, -0.2) is 11.7 Å². The molecule has 0 aromatic heterocycles. The van der Waals surface area contributed by atoms with Gasteiger partial charge in [-0.2, -0.15) is 0 Å². The smallest absolute Gasteiger partial charge is 0.120 e. The maximum absolute atomic E-state index is 9.93. The monoisotopic (exact) mass is 253 g/mol. The highest BCUT2D eigenvalue weighted by atomic mass is 16.3. The third kappa shape index (κ3) is 2.43. The molecule has 0 saturated heterocycles. The molecule has 19 heavy (non-hydrogen) atoms. The average Bonchev–Trinajstić information content (AvgIpc) is 2.41. The van der Waals surface area contributed by atoms with Crippen LogP contribution < -0.4 is 4.90 Å². The molecule has 1 aliphatic rings. The van der Waals surface area contributed by atoms with E-state index >= 15 is 0 Å². The maximum atomic E-state index is 9.93. The van der Waals surface area contributed by atoms with Crippen LogP contribution in [0.5, 0.6) is 5.75 Å². The van der Waals surface area contributed by atoms with E-state index in [-0.39, 0.29) is 0 Å². The Balaban J connectivity index is 1.91. The predicted molar refractivity (Wildman–Crippen MR) is 78.5 cm³/mol. The maximum Gasteiger partial charge on any atom is 0.120 e. The number of phenols is 1. The molecule has 0 bridgehead atoms. The zero-order valence-electron chi connectivity index (χ0n) is 11.2. The van der Waals surface area contributed by atoms with E-state index in [2.05, 4.69) is 36.1 Å². The van der Waals surface area contributed by atoms with Crippen molar-refractivity contribution in [3.05, 3.63) is 59.7 Å². The molecule has 1 atom stereocenters. The van der Waals surface area contributed by atoms with Crippen LogP contribution in [0.4, 0.5) is 5.69 Å². The van der Waals surface area contributed by atoms with Gasteiger partial charge < -0.3 is 10.0 Å². The molecule has 2 nitrogen and oxygen atoms in total. The molecule has 2 aromatic carbocycles. The first-order valence-electron chi connectivity index (χ1n) is 6.84. The third-order valence-corrected chi connectivity index (χ3v) is 3.79. The summed E-state index contributed by atoms with van der Waals surface area (Å²) in [6.07, 6.45) is 1.15. The Hall–Kier alpha value is -1.96. The topological polar surface area (TPSA) is 23.5 Å². The van der Waals surface area contributed by atoms with Crippen LogP contribution >= 0.6 is 0 Å². The van der Waals surface area contributed by atoms with Crippen molar-refractivity contribution >= 4 is 5.69 Å². The Labute approximate surface area is 114 Å². The Bertz CT molecular complexity index is 579. The summed E-state index contributed by atoms with van der Waals surface area (Å²) in [5.41, 5.74) is 3.71. The molecule has 1 heterocycles. The van der Waals surface area contributed by atoms with Crippen LogP contribution in [0.15, 0.2) is 48.5 Å². The van der Waals surface area contributed by atoms with E-state index < -0.39 is 0 Å². The lowest BCUT2D eigenvalue weighted by Gasteiger charge is -2.35. The Morgan fingerprint density at radius 2 is 1.84 bits per heavy atom. The van der Waals surface area contributed by atoms with Crippen molar-refractivity contribution in [2.75, 3.05) is 11.4 Å². The van der Waals surface area contributed by atoms with E-state index in [0.29, 0.717) is 11.7 Å². The highest BCUT2D eigenvalue weighted by molar-refractivity contribution is 5.56. The number of hydrogen-bond acceptors (Lipinski definition) is 2. The van der Waals surface area contributed by atoms with Crippen LogP contribution in [-0.2, 0) is 13.0 Å². The highest BCUT2D eigenvalue weighted by Crippen LogP contribution is 2.31. The van der Waals surface area contributed by atoms with Crippen LogP contribution in [0.3, 0.4) is 0 Å². The number of nitrogens with zero attached hydrogens (tertiary/aromatic N) is 1. The molecule has 2 heteroatoms. The average molecular weight is 253 g/mol. The Kier molecular flexibility index (Phi) is 3.16. The van der Waals surface area contributed by atoms with Gasteiger partial charge in [-0.3, -0.25) is 0 Å². The first-order chi connectivity index (χ1) is 9.24. The lowest BCUT2D eigenvalue weighted by Crippen LogP contribution is -2.33. The second-order valence-corrected chi connectivity index (χ2v) is 5.45. The fourth-order valence-corrected chi connectivity index (χ4v) is 2.91. The molecule has 1 unspecified atom stereocenters. The van der Waals surface area contributed by atoms with Crippen molar-refractivity contribution in [1.29, 1.82) is 0 Å². The van der Waals surface area contributed by atoms with Crippen molar-refractivity contribution in [2.45, 2.75) is 19.9 Å². The number of benzene rings is 2. The van der Waals surface area contributed by atoms with Gasteiger partial charge in [-0.25, -0.2) is 0 Å². The zero-order valence-corrected chi connectivity index (χ0v) is 11.2. The molecule has 2 aromatic rings. The van der Waals surface area contributed by atoms with Crippen molar-refractivity contribution in [3.8, 4) is 5.75 Å². The lowest BCUT2D eigenvalue weighted by molar-refractivity contribution is 0.463. The van der Waals surface area contributed by atoms with Crippen LogP contribution in [0.2, 0.25) is 0 Å². The normalized spacial score (nSPS) is 18.2. The fraction of sp³-hybridized carbons (Fsp3) is 0.294. The minimum atomic E-state index is 0.387. The molecule has 0 aliphatic carbocycles. The first-order valence-corrected chi connectivity index (χ1v) is 6.84. The van der Waals surface area contributed by atoms with E-state index in [1.54, 1.807) is 6.07 Å². The van der Waals surface area contributed by atoms with Gasteiger partial charge in [-0.15, -0.1) is 0 Å². The van der Waals surface area contributed by atoms with Gasteiger partial charge in [-0.1, -0.05) is 43.3 Å². The van der Waals surface area contributed by atoms with Crippen molar-refractivity contribution < 1.29 is 5.11 Å². The van der Waals surface area contributed by atoms with Crippen molar-refractivity contribution in [2.24, 2.45) is 5.92 Å². The van der Waals surface area contributed by atoms with Gasteiger partial charge in [0.2, 0.25) is 0 Å². The number of hydrogen-bond donors (Lipinski definition) is 1. The number of phenolic OH excluding ortho intramolecular Hbond substituents is 1. The second kappa shape index (κ2) is 4.96. The van der Waals surface area contributed by atoms with Crippen LogP contribution in [0.1, 0.15) is 18.1 Å². The van der Waals surface area contributed by atoms with E-state index in [4.69, 9.17) is 0 Å². The first kappa shape index (κ1) is 12.1. The SMILES string of the molecule is CC1Cc2ccccc2N(Cc2ccccc2O)C1. The summed E-state index contributed by atoms with van der Waals surface area (Å²) in [6, 6.07) is 16.2. The zero-order chi connectivity index (χ0) is 13.2. The van der Waals surface area contributed by atoms with E-state index in [9.17, 15) is 5.11 Å². The van der Waals surface area contributed by atoms with Gasteiger partial charge in [-0.05, 0) is 30.0 Å². The number of rotatable bonds is 2. The summed E-state index contributed by atoms with van der Waals surface area (Å²) in [5.74, 6) is 1.04. The quantitative estimate of drug-likeness (QED) is 0.884. The van der Waals surface area contributed by atoms with Gasteiger partial charge >= 0.3 is 0 Å².